The molecule has 0 atom stereocenters. The standard InChI is InChI=1S/C15H15FN2O3/c1-10-6-13(16)3-2-11(10)9-21-15-5-4-14(18(19)20)7-12(15)8-17/h2-7H,8-9,17H2,1H3. The summed E-state index contributed by atoms with van der Waals surface area (Å²) in [7, 11) is 0. The average Bonchev–Trinajstić information content (AvgIpc) is 2.46. The van der Waals surface area contributed by atoms with Crippen molar-refractivity contribution in [1.82, 2.24) is 0 Å². The summed E-state index contributed by atoms with van der Waals surface area (Å²) in [6.07, 6.45) is 0. The monoisotopic (exact) mass is 290 g/mol. The first kappa shape index (κ1) is 14.9. The van der Waals surface area contributed by atoms with Crippen LogP contribution in [0, 0.1) is 22.9 Å². The summed E-state index contributed by atoms with van der Waals surface area (Å²) in [5, 5.41) is 10.7. The van der Waals surface area contributed by atoms with E-state index in [0.717, 1.165) is 11.1 Å². The van der Waals surface area contributed by atoms with Crippen LogP contribution in [0.4, 0.5) is 10.1 Å². The summed E-state index contributed by atoms with van der Waals surface area (Å²) in [6, 6.07) is 8.74. The van der Waals surface area contributed by atoms with E-state index in [1.807, 2.05) is 0 Å². The fourth-order valence-corrected chi connectivity index (χ4v) is 1.96. The molecule has 110 valence electrons. The minimum Gasteiger partial charge on any atom is -0.489 e. The van der Waals surface area contributed by atoms with Crippen LogP contribution in [0.3, 0.4) is 0 Å². The van der Waals surface area contributed by atoms with Gasteiger partial charge in [0.05, 0.1) is 4.92 Å². The van der Waals surface area contributed by atoms with Gasteiger partial charge in [-0.25, -0.2) is 4.39 Å². The molecule has 2 N–H and O–H groups in total. The number of rotatable bonds is 5. The molecule has 2 aromatic rings. The molecule has 0 aromatic heterocycles. The van der Waals surface area contributed by atoms with Crippen molar-refractivity contribution < 1.29 is 14.1 Å². The number of nitro groups is 1. The van der Waals surface area contributed by atoms with Crippen LogP contribution in [-0.4, -0.2) is 4.92 Å². The highest BCUT2D eigenvalue weighted by Crippen LogP contribution is 2.25. The third-order valence-electron chi connectivity index (χ3n) is 3.16. The number of ether oxygens (including phenoxy) is 1. The van der Waals surface area contributed by atoms with Gasteiger partial charge in [0.2, 0.25) is 0 Å². The molecule has 0 aliphatic rings. The third kappa shape index (κ3) is 3.55. The SMILES string of the molecule is Cc1cc(F)ccc1COc1ccc([N+](=O)[O-])cc1CN. The zero-order chi connectivity index (χ0) is 15.4. The molecule has 0 amide bonds. The number of nitro benzene ring substituents is 1. The van der Waals surface area contributed by atoms with E-state index in [2.05, 4.69) is 0 Å². The second-order valence-corrected chi connectivity index (χ2v) is 4.61. The molecule has 0 fully saturated rings. The van der Waals surface area contributed by atoms with E-state index in [9.17, 15) is 14.5 Å². The topological polar surface area (TPSA) is 78.4 Å². The summed E-state index contributed by atoms with van der Waals surface area (Å²) >= 11 is 0. The number of benzene rings is 2. The normalized spacial score (nSPS) is 10.4. The quantitative estimate of drug-likeness (QED) is 0.678. The number of nitrogens with zero attached hydrogens (tertiary/aromatic N) is 1. The molecule has 2 aromatic carbocycles. The van der Waals surface area contributed by atoms with Crippen LogP contribution in [0.2, 0.25) is 0 Å². The van der Waals surface area contributed by atoms with Crippen LogP contribution in [0.15, 0.2) is 36.4 Å². The van der Waals surface area contributed by atoms with Crippen molar-refractivity contribution in [3.05, 3.63) is 69.0 Å². The fourth-order valence-electron chi connectivity index (χ4n) is 1.96. The zero-order valence-electron chi connectivity index (χ0n) is 11.5. The fraction of sp³-hybridized carbons (Fsp3) is 0.200. The number of nitrogens with two attached hydrogens (primary N) is 1. The Kier molecular flexibility index (Phi) is 4.49. The molecule has 0 heterocycles. The van der Waals surface area contributed by atoms with E-state index < -0.39 is 4.92 Å². The molecule has 0 bridgehead atoms. The van der Waals surface area contributed by atoms with Crippen molar-refractivity contribution in [3.63, 3.8) is 0 Å². The summed E-state index contributed by atoms with van der Waals surface area (Å²) in [5.41, 5.74) is 7.75. The second-order valence-electron chi connectivity index (χ2n) is 4.61. The molecular formula is C15H15FN2O3. The number of halogens is 1. The van der Waals surface area contributed by atoms with Crippen molar-refractivity contribution >= 4 is 5.69 Å². The van der Waals surface area contributed by atoms with Gasteiger partial charge in [-0.15, -0.1) is 0 Å². The number of hydrogen-bond acceptors (Lipinski definition) is 4. The summed E-state index contributed by atoms with van der Waals surface area (Å²) in [6.45, 7) is 2.18. The van der Waals surface area contributed by atoms with E-state index in [4.69, 9.17) is 10.5 Å². The molecule has 0 radical (unpaired) electrons. The predicted molar refractivity (Wildman–Crippen MR) is 76.5 cm³/mol. The van der Waals surface area contributed by atoms with Crippen molar-refractivity contribution in [2.75, 3.05) is 0 Å². The van der Waals surface area contributed by atoms with Crippen molar-refractivity contribution in [1.29, 1.82) is 0 Å². The molecule has 21 heavy (non-hydrogen) atoms. The molecule has 6 heteroatoms. The Morgan fingerprint density at radius 2 is 2.00 bits per heavy atom. The maximum Gasteiger partial charge on any atom is 0.270 e. The van der Waals surface area contributed by atoms with E-state index in [-0.39, 0.29) is 24.7 Å². The van der Waals surface area contributed by atoms with Gasteiger partial charge < -0.3 is 10.5 Å². The van der Waals surface area contributed by atoms with E-state index >= 15 is 0 Å². The lowest BCUT2D eigenvalue weighted by atomic mass is 10.1. The predicted octanol–water partition coefficient (Wildman–Crippen LogP) is 3.08. The lowest BCUT2D eigenvalue weighted by molar-refractivity contribution is -0.384. The van der Waals surface area contributed by atoms with Crippen LogP contribution < -0.4 is 10.5 Å². The summed E-state index contributed by atoms with van der Waals surface area (Å²) < 4.78 is 18.7. The average molecular weight is 290 g/mol. The van der Waals surface area contributed by atoms with Gasteiger partial charge in [0.15, 0.2) is 0 Å². The zero-order valence-corrected chi connectivity index (χ0v) is 11.5. The molecule has 5 nitrogen and oxygen atoms in total. The number of non-ortho nitro benzene ring substituents is 1. The molecule has 0 saturated carbocycles. The Labute approximate surface area is 121 Å². The van der Waals surface area contributed by atoms with Gasteiger partial charge in [-0.05, 0) is 36.2 Å². The van der Waals surface area contributed by atoms with Crippen molar-refractivity contribution in [3.8, 4) is 5.75 Å². The molecule has 0 aliphatic heterocycles. The van der Waals surface area contributed by atoms with Gasteiger partial charge in [-0.3, -0.25) is 10.1 Å². The van der Waals surface area contributed by atoms with Gasteiger partial charge in [0, 0.05) is 24.2 Å². The Morgan fingerprint density at radius 3 is 2.62 bits per heavy atom. The first-order chi connectivity index (χ1) is 10.0. The minimum atomic E-state index is -0.479. The highest BCUT2D eigenvalue weighted by Gasteiger charge is 2.11. The summed E-state index contributed by atoms with van der Waals surface area (Å²) in [5.74, 6) is 0.195. The Bertz CT molecular complexity index is 674. The lowest BCUT2D eigenvalue weighted by Crippen LogP contribution is -2.04. The number of aryl methyl sites for hydroxylation is 1. The van der Waals surface area contributed by atoms with E-state index in [0.29, 0.717) is 11.3 Å². The van der Waals surface area contributed by atoms with Gasteiger partial charge in [-0.1, -0.05) is 6.07 Å². The number of hydrogen-bond donors (Lipinski definition) is 1. The summed E-state index contributed by atoms with van der Waals surface area (Å²) in [4.78, 5) is 10.2. The minimum absolute atomic E-state index is 0.0271. The highest BCUT2D eigenvalue weighted by molar-refractivity contribution is 5.44. The molecule has 0 aliphatic carbocycles. The van der Waals surface area contributed by atoms with Gasteiger partial charge >= 0.3 is 0 Å². The maximum absolute atomic E-state index is 13.0. The van der Waals surface area contributed by atoms with Gasteiger partial charge in [-0.2, -0.15) is 0 Å². The molecule has 0 saturated heterocycles. The molecular weight excluding hydrogens is 275 g/mol. The van der Waals surface area contributed by atoms with Gasteiger partial charge in [0.1, 0.15) is 18.2 Å². The van der Waals surface area contributed by atoms with Crippen molar-refractivity contribution in [2.24, 2.45) is 5.73 Å². The van der Waals surface area contributed by atoms with Crippen LogP contribution in [0.25, 0.3) is 0 Å². The Hall–Kier alpha value is -2.47. The van der Waals surface area contributed by atoms with Crippen LogP contribution in [-0.2, 0) is 13.2 Å². The maximum atomic E-state index is 13.0. The molecule has 0 spiro atoms. The van der Waals surface area contributed by atoms with Crippen LogP contribution in [0.1, 0.15) is 16.7 Å². The van der Waals surface area contributed by atoms with E-state index in [1.54, 1.807) is 13.0 Å². The Morgan fingerprint density at radius 1 is 1.24 bits per heavy atom. The largest absolute Gasteiger partial charge is 0.489 e. The van der Waals surface area contributed by atoms with Crippen LogP contribution in [0.5, 0.6) is 5.75 Å². The highest BCUT2D eigenvalue weighted by atomic mass is 19.1. The van der Waals surface area contributed by atoms with Crippen LogP contribution >= 0.6 is 0 Å². The molecule has 0 unspecified atom stereocenters. The first-order valence-electron chi connectivity index (χ1n) is 6.36. The second kappa shape index (κ2) is 6.32. The Balaban J connectivity index is 2.17. The van der Waals surface area contributed by atoms with Crippen molar-refractivity contribution in [2.45, 2.75) is 20.1 Å². The first-order valence-corrected chi connectivity index (χ1v) is 6.36. The third-order valence-corrected chi connectivity index (χ3v) is 3.16. The lowest BCUT2D eigenvalue weighted by Gasteiger charge is -2.12. The van der Waals surface area contributed by atoms with Gasteiger partial charge in [0.25, 0.3) is 5.69 Å². The smallest absolute Gasteiger partial charge is 0.270 e. The molecule has 2 rings (SSSR count). The van der Waals surface area contributed by atoms with E-state index in [1.165, 1.54) is 30.3 Å².